The number of amides is 1. The first-order chi connectivity index (χ1) is 14.7. The van der Waals surface area contributed by atoms with Gasteiger partial charge in [-0.3, -0.25) is 4.79 Å². The third-order valence-corrected chi connectivity index (χ3v) is 5.41. The summed E-state index contributed by atoms with van der Waals surface area (Å²) in [7, 11) is 3.15. The van der Waals surface area contributed by atoms with Crippen LogP contribution in [0.3, 0.4) is 0 Å². The standard InChI is InChI=1S/C22H20N4O4/c1-28-18-6-5-16(11-19(18)29-2)26-12-15(10-20(26)27)21-24-22(30-25-21)14-4-3-13-7-8-23-17(13)9-14/h3-9,11,15,23H,10,12H2,1-2H3. The van der Waals surface area contributed by atoms with Crippen molar-refractivity contribution >= 4 is 22.5 Å². The highest BCUT2D eigenvalue weighted by molar-refractivity contribution is 5.96. The molecular formula is C22H20N4O4. The van der Waals surface area contributed by atoms with Crippen LogP contribution in [0, 0.1) is 0 Å². The molecule has 2 aromatic carbocycles. The van der Waals surface area contributed by atoms with Crippen molar-refractivity contribution in [3.8, 4) is 23.0 Å². The molecule has 152 valence electrons. The number of benzene rings is 2. The number of hydrogen-bond donors (Lipinski definition) is 1. The van der Waals surface area contributed by atoms with Crippen LogP contribution in [0.25, 0.3) is 22.4 Å². The average molecular weight is 404 g/mol. The maximum absolute atomic E-state index is 12.7. The summed E-state index contributed by atoms with van der Waals surface area (Å²) in [5.41, 5.74) is 2.59. The molecule has 0 spiro atoms. The molecule has 0 radical (unpaired) electrons. The molecule has 0 bridgehead atoms. The normalized spacial score (nSPS) is 16.4. The Bertz CT molecular complexity index is 1230. The van der Waals surface area contributed by atoms with Gasteiger partial charge in [-0.2, -0.15) is 4.98 Å². The fourth-order valence-corrected chi connectivity index (χ4v) is 3.82. The SMILES string of the molecule is COc1ccc(N2CC(c3noc(-c4ccc5cc[nH]c5c4)n3)CC2=O)cc1OC. The molecule has 5 rings (SSSR count). The van der Waals surface area contributed by atoms with Crippen LogP contribution in [0.15, 0.2) is 53.2 Å². The highest BCUT2D eigenvalue weighted by atomic mass is 16.5. The van der Waals surface area contributed by atoms with E-state index in [0.29, 0.717) is 36.2 Å². The molecule has 0 aliphatic carbocycles. The fourth-order valence-electron chi connectivity index (χ4n) is 3.82. The largest absolute Gasteiger partial charge is 0.493 e. The number of H-pyrrole nitrogens is 1. The molecule has 1 unspecified atom stereocenters. The van der Waals surface area contributed by atoms with Gasteiger partial charge < -0.3 is 23.9 Å². The van der Waals surface area contributed by atoms with E-state index in [1.54, 1.807) is 31.3 Å². The Kier molecular flexibility index (Phi) is 4.39. The first-order valence-corrected chi connectivity index (χ1v) is 9.60. The van der Waals surface area contributed by atoms with Crippen molar-refractivity contribution in [2.75, 3.05) is 25.7 Å². The zero-order valence-electron chi connectivity index (χ0n) is 16.6. The van der Waals surface area contributed by atoms with Crippen molar-refractivity contribution in [3.05, 3.63) is 54.5 Å². The van der Waals surface area contributed by atoms with E-state index in [-0.39, 0.29) is 11.8 Å². The van der Waals surface area contributed by atoms with E-state index in [4.69, 9.17) is 14.0 Å². The van der Waals surface area contributed by atoms with Crippen molar-refractivity contribution in [2.45, 2.75) is 12.3 Å². The third-order valence-electron chi connectivity index (χ3n) is 5.41. The minimum atomic E-state index is -0.141. The molecule has 0 saturated carbocycles. The zero-order chi connectivity index (χ0) is 20.7. The Hall–Kier alpha value is -3.81. The summed E-state index contributed by atoms with van der Waals surface area (Å²) in [6.07, 6.45) is 2.21. The second-order valence-electron chi connectivity index (χ2n) is 7.18. The van der Waals surface area contributed by atoms with Gasteiger partial charge in [0.2, 0.25) is 5.91 Å². The molecule has 1 aliphatic rings. The van der Waals surface area contributed by atoms with Crippen LogP contribution in [-0.4, -0.2) is 41.8 Å². The minimum absolute atomic E-state index is 0.00590. The summed E-state index contributed by atoms with van der Waals surface area (Å²) in [6.45, 7) is 0.475. The number of rotatable bonds is 5. The number of aromatic nitrogens is 3. The van der Waals surface area contributed by atoms with Crippen LogP contribution in [-0.2, 0) is 4.79 Å². The first kappa shape index (κ1) is 18.2. The van der Waals surface area contributed by atoms with E-state index in [1.807, 2.05) is 36.5 Å². The van der Waals surface area contributed by atoms with Crippen molar-refractivity contribution in [2.24, 2.45) is 0 Å². The quantitative estimate of drug-likeness (QED) is 0.544. The van der Waals surface area contributed by atoms with Crippen molar-refractivity contribution in [1.29, 1.82) is 0 Å². The number of nitrogens with zero attached hydrogens (tertiary/aromatic N) is 3. The van der Waals surface area contributed by atoms with Gasteiger partial charge in [0.15, 0.2) is 17.3 Å². The maximum Gasteiger partial charge on any atom is 0.258 e. The molecule has 1 saturated heterocycles. The van der Waals surface area contributed by atoms with E-state index in [9.17, 15) is 4.79 Å². The van der Waals surface area contributed by atoms with Gasteiger partial charge in [-0.1, -0.05) is 11.2 Å². The van der Waals surface area contributed by atoms with E-state index in [0.717, 1.165) is 22.2 Å². The molecule has 30 heavy (non-hydrogen) atoms. The summed E-state index contributed by atoms with van der Waals surface area (Å²) >= 11 is 0. The smallest absolute Gasteiger partial charge is 0.258 e. The van der Waals surface area contributed by atoms with Crippen LogP contribution >= 0.6 is 0 Å². The molecule has 3 heterocycles. The molecular weight excluding hydrogens is 384 g/mol. The van der Waals surface area contributed by atoms with Gasteiger partial charge in [0.05, 0.1) is 14.2 Å². The van der Waals surface area contributed by atoms with Crippen molar-refractivity contribution in [1.82, 2.24) is 15.1 Å². The predicted molar refractivity (Wildman–Crippen MR) is 111 cm³/mol. The zero-order valence-corrected chi connectivity index (χ0v) is 16.6. The number of carbonyl (C=O) groups excluding carboxylic acids is 1. The molecule has 1 N–H and O–H groups in total. The van der Waals surface area contributed by atoms with Gasteiger partial charge >= 0.3 is 0 Å². The van der Waals surface area contributed by atoms with Gasteiger partial charge in [-0.25, -0.2) is 0 Å². The van der Waals surface area contributed by atoms with Crippen molar-refractivity contribution < 1.29 is 18.8 Å². The van der Waals surface area contributed by atoms with Gasteiger partial charge in [0.1, 0.15) is 0 Å². The number of nitrogens with one attached hydrogen (secondary N) is 1. The van der Waals surface area contributed by atoms with Crippen LogP contribution < -0.4 is 14.4 Å². The lowest BCUT2D eigenvalue weighted by Crippen LogP contribution is -2.24. The Balaban J connectivity index is 1.38. The predicted octanol–water partition coefficient (Wildman–Crippen LogP) is 3.76. The Morgan fingerprint density at radius 3 is 2.80 bits per heavy atom. The number of fused-ring (bicyclic) bond motifs is 1. The topological polar surface area (TPSA) is 93.5 Å². The summed E-state index contributed by atoms with van der Waals surface area (Å²) in [6, 6.07) is 13.4. The molecule has 8 heteroatoms. The lowest BCUT2D eigenvalue weighted by atomic mass is 10.1. The molecule has 2 aromatic heterocycles. The number of ether oxygens (including phenoxy) is 2. The lowest BCUT2D eigenvalue weighted by Gasteiger charge is -2.18. The second-order valence-corrected chi connectivity index (χ2v) is 7.18. The molecule has 8 nitrogen and oxygen atoms in total. The van der Waals surface area contributed by atoms with E-state index in [2.05, 4.69) is 15.1 Å². The number of aromatic amines is 1. The van der Waals surface area contributed by atoms with Gasteiger partial charge in [0, 0.05) is 47.9 Å². The third kappa shape index (κ3) is 3.06. The Morgan fingerprint density at radius 1 is 1.10 bits per heavy atom. The Labute approximate surface area is 172 Å². The lowest BCUT2D eigenvalue weighted by molar-refractivity contribution is -0.117. The highest BCUT2D eigenvalue weighted by Crippen LogP contribution is 2.36. The van der Waals surface area contributed by atoms with E-state index < -0.39 is 0 Å². The summed E-state index contributed by atoms with van der Waals surface area (Å²) in [5.74, 6) is 2.04. The fraction of sp³-hybridized carbons (Fsp3) is 0.227. The summed E-state index contributed by atoms with van der Waals surface area (Å²) < 4.78 is 16.1. The number of hydrogen-bond acceptors (Lipinski definition) is 6. The Morgan fingerprint density at radius 2 is 1.97 bits per heavy atom. The van der Waals surface area contributed by atoms with E-state index >= 15 is 0 Å². The number of methoxy groups -OCH3 is 2. The van der Waals surface area contributed by atoms with Crippen LogP contribution in [0.4, 0.5) is 5.69 Å². The summed E-state index contributed by atoms with van der Waals surface area (Å²) in [4.78, 5) is 22.1. The van der Waals surface area contributed by atoms with Gasteiger partial charge in [-0.15, -0.1) is 0 Å². The van der Waals surface area contributed by atoms with Crippen LogP contribution in [0.2, 0.25) is 0 Å². The number of anilines is 1. The van der Waals surface area contributed by atoms with Gasteiger partial charge in [-0.05, 0) is 35.7 Å². The van der Waals surface area contributed by atoms with Crippen molar-refractivity contribution in [3.63, 3.8) is 0 Å². The van der Waals surface area contributed by atoms with Gasteiger partial charge in [0.25, 0.3) is 5.89 Å². The average Bonchev–Trinajstić information content (AvgIpc) is 3.51. The maximum atomic E-state index is 12.7. The molecule has 4 aromatic rings. The molecule has 1 atom stereocenters. The highest BCUT2D eigenvalue weighted by Gasteiger charge is 2.35. The van der Waals surface area contributed by atoms with Crippen LogP contribution in [0.5, 0.6) is 11.5 Å². The molecule has 1 amide bonds. The molecule has 1 aliphatic heterocycles. The monoisotopic (exact) mass is 404 g/mol. The number of carbonyl (C=O) groups is 1. The molecule has 1 fully saturated rings. The van der Waals surface area contributed by atoms with Crippen LogP contribution in [0.1, 0.15) is 18.2 Å². The first-order valence-electron chi connectivity index (χ1n) is 9.60. The minimum Gasteiger partial charge on any atom is -0.493 e. The summed E-state index contributed by atoms with van der Waals surface area (Å²) in [5, 5.41) is 5.26. The second kappa shape index (κ2) is 7.22. The van der Waals surface area contributed by atoms with E-state index in [1.165, 1.54) is 0 Å².